The van der Waals surface area contributed by atoms with Crippen LogP contribution in [0.25, 0.3) is 0 Å². The van der Waals surface area contributed by atoms with Crippen LogP contribution in [0.1, 0.15) is 25.5 Å². The van der Waals surface area contributed by atoms with Crippen LogP contribution in [0.15, 0.2) is 46.9 Å². The number of anilines is 1. The first kappa shape index (κ1) is 14.9. The van der Waals surface area contributed by atoms with Crippen molar-refractivity contribution in [1.29, 1.82) is 0 Å². The fourth-order valence-corrected chi connectivity index (χ4v) is 2.36. The Labute approximate surface area is 127 Å². The minimum absolute atomic E-state index is 0.148. The number of benzene rings is 2. The third-order valence-corrected chi connectivity index (χ3v) is 3.48. The van der Waals surface area contributed by atoms with Gasteiger partial charge >= 0.3 is 0 Å². The summed E-state index contributed by atoms with van der Waals surface area (Å²) in [4.78, 5) is 0. The summed E-state index contributed by atoms with van der Waals surface area (Å²) in [7, 11) is 0. The molecule has 0 saturated carbocycles. The van der Waals surface area contributed by atoms with Gasteiger partial charge in [-0.1, -0.05) is 34.1 Å². The lowest BCUT2D eigenvalue weighted by atomic mass is 10.1. The van der Waals surface area contributed by atoms with E-state index >= 15 is 0 Å². The molecule has 4 heteroatoms. The van der Waals surface area contributed by atoms with Gasteiger partial charge < -0.3 is 10.1 Å². The lowest BCUT2D eigenvalue weighted by molar-refractivity contribution is 0.341. The third kappa shape index (κ3) is 3.51. The van der Waals surface area contributed by atoms with Crippen molar-refractivity contribution >= 4 is 21.6 Å². The highest BCUT2D eigenvalue weighted by Crippen LogP contribution is 2.29. The summed E-state index contributed by atoms with van der Waals surface area (Å²) in [5, 5.41) is 3.29. The molecule has 0 radical (unpaired) electrons. The topological polar surface area (TPSA) is 21.3 Å². The van der Waals surface area contributed by atoms with E-state index in [0.29, 0.717) is 12.2 Å². The van der Waals surface area contributed by atoms with Gasteiger partial charge in [0.25, 0.3) is 0 Å². The summed E-state index contributed by atoms with van der Waals surface area (Å²) in [5.41, 5.74) is 1.49. The normalized spacial score (nSPS) is 12.0. The van der Waals surface area contributed by atoms with Crippen LogP contribution in [-0.2, 0) is 0 Å². The summed E-state index contributed by atoms with van der Waals surface area (Å²) in [6, 6.07) is 12.6. The first-order valence-electron chi connectivity index (χ1n) is 6.55. The van der Waals surface area contributed by atoms with Crippen molar-refractivity contribution in [3.63, 3.8) is 0 Å². The Kier molecular flexibility index (Phi) is 5.01. The summed E-state index contributed by atoms with van der Waals surface area (Å²) in [6.07, 6.45) is 0. The monoisotopic (exact) mass is 337 g/mol. The number of rotatable bonds is 5. The zero-order chi connectivity index (χ0) is 14.5. The molecule has 0 aromatic heterocycles. The number of hydrogen-bond acceptors (Lipinski definition) is 2. The minimum Gasteiger partial charge on any atom is -0.492 e. The van der Waals surface area contributed by atoms with Gasteiger partial charge in [0.2, 0.25) is 0 Å². The molecule has 2 aromatic rings. The van der Waals surface area contributed by atoms with Crippen molar-refractivity contribution in [2.45, 2.75) is 19.9 Å². The van der Waals surface area contributed by atoms with Gasteiger partial charge in [0, 0.05) is 10.0 Å². The van der Waals surface area contributed by atoms with Gasteiger partial charge in [-0.25, -0.2) is 4.39 Å². The zero-order valence-electron chi connectivity index (χ0n) is 11.5. The molecule has 0 fully saturated rings. The molecule has 0 amide bonds. The van der Waals surface area contributed by atoms with Crippen molar-refractivity contribution in [2.24, 2.45) is 0 Å². The molecule has 0 bridgehead atoms. The Hall–Kier alpha value is -1.55. The quantitative estimate of drug-likeness (QED) is 0.813. The summed E-state index contributed by atoms with van der Waals surface area (Å²) < 4.78 is 20.2. The molecule has 1 N–H and O–H groups in total. The Morgan fingerprint density at radius 1 is 1.25 bits per heavy atom. The third-order valence-electron chi connectivity index (χ3n) is 2.99. The Morgan fingerprint density at radius 2 is 2.00 bits per heavy atom. The highest BCUT2D eigenvalue weighted by molar-refractivity contribution is 9.10. The maximum Gasteiger partial charge on any atom is 0.142 e. The van der Waals surface area contributed by atoms with Crippen LogP contribution >= 0.6 is 15.9 Å². The second-order valence-electron chi connectivity index (χ2n) is 4.46. The number of para-hydroxylation sites is 2. The second kappa shape index (κ2) is 6.75. The molecule has 2 nitrogen and oxygen atoms in total. The number of nitrogens with one attached hydrogen (secondary N) is 1. The lowest BCUT2D eigenvalue weighted by Crippen LogP contribution is -2.09. The van der Waals surface area contributed by atoms with E-state index in [1.54, 1.807) is 6.07 Å². The molecule has 0 heterocycles. The van der Waals surface area contributed by atoms with Gasteiger partial charge in [0.1, 0.15) is 11.6 Å². The van der Waals surface area contributed by atoms with Crippen molar-refractivity contribution in [3.05, 3.63) is 58.3 Å². The molecule has 0 saturated heterocycles. The maximum atomic E-state index is 14.0. The van der Waals surface area contributed by atoms with Gasteiger partial charge in [-0.05, 0) is 38.1 Å². The number of halogens is 2. The predicted octanol–water partition coefficient (Wildman–Crippen LogP) is 5.16. The standard InChI is InChI=1S/C16H17BrFNO/c1-3-20-16-7-5-4-6-15(16)19-11(2)13-9-8-12(17)10-14(13)18/h4-11,19H,3H2,1-2H3. The average molecular weight is 338 g/mol. The Bertz CT molecular complexity index is 588. The van der Waals surface area contributed by atoms with Crippen LogP contribution in [-0.4, -0.2) is 6.61 Å². The van der Waals surface area contributed by atoms with E-state index in [1.807, 2.05) is 44.2 Å². The summed E-state index contributed by atoms with van der Waals surface area (Å²) >= 11 is 3.26. The second-order valence-corrected chi connectivity index (χ2v) is 5.38. The summed E-state index contributed by atoms with van der Waals surface area (Å²) in [5.74, 6) is 0.549. The van der Waals surface area contributed by atoms with Crippen molar-refractivity contribution in [1.82, 2.24) is 0 Å². The molecule has 2 aromatic carbocycles. The molecule has 0 aliphatic carbocycles. The molecule has 2 rings (SSSR count). The van der Waals surface area contributed by atoms with Crippen LogP contribution in [0.4, 0.5) is 10.1 Å². The van der Waals surface area contributed by atoms with Crippen LogP contribution in [0.5, 0.6) is 5.75 Å². The van der Waals surface area contributed by atoms with E-state index in [0.717, 1.165) is 15.9 Å². The molecular formula is C16H17BrFNO. The van der Waals surface area contributed by atoms with Crippen molar-refractivity contribution in [2.75, 3.05) is 11.9 Å². The summed E-state index contributed by atoms with van der Waals surface area (Å²) in [6.45, 7) is 4.46. The lowest BCUT2D eigenvalue weighted by Gasteiger charge is -2.19. The minimum atomic E-state index is -0.228. The van der Waals surface area contributed by atoms with Gasteiger partial charge in [-0.3, -0.25) is 0 Å². The fourth-order valence-electron chi connectivity index (χ4n) is 2.03. The molecule has 1 unspecified atom stereocenters. The number of ether oxygens (including phenoxy) is 1. The molecule has 0 spiro atoms. The van der Waals surface area contributed by atoms with E-state index < -0.39 is 0 Å². The molecule has 106 valence electrons. The van der Waals surface area contributed by atoms with E-state index in [-0.39, 0.29) is 11.9 Å². The average Bonchev–Trinajstić information content (AvgIpc) is 2.41. The fraction of sp³-hybridized carbons (Fsp3) is 0.250. The molecule has 20 heavy (non-hydrogen) atoms. The Morgan fingerprint density at radius 3 is 2.70 bits per heavy atom. The van der Waals surface area contributed by atoms with Crippen molar-refractivity contribution < 1.29 is 9.13 Å². The van der Waals surface area contributed by atoms with Crippen LogP contribution in [0.2, 0.25) is 0 Å². The number of hydrogen-bond donors (Lipinski definition) is 1. The first-order chi connectivity index (χ1) is 9.61. The van der Waals surface area contributed by atoms with Gasteiger partial charge in [-0.15, -0.1) is 0 Å². The van der Waals surface area contributed by atoms with E-state index in [9.17, 15) is 4.39 Å². The van der Waals surface area contributed by atoms with Gasteiger partial charge in [0.15, 0.2) is 0 Å². The highest BCUT2D eigenvalue weighted by atomic mass is 79.9. The van der Waals surface area contributed by atoms with Crippen LogP contribution in [0, 0.1) is 5.82 Å². The Balaban J connectivity index is 2.21. The highest BCUT2D eigenvalue weighted by Gasteiger charge is 2.13. The molecule has 0 aliphatic rings. The first-order valence-corrected chi connectivity index (χ1v) is 7.34. The van der Waals surface area contributed by atoms with Crippen LogP contribution < -0.4 is 10.1 Å². The van der Waals surface area contributed by atoms with Gasteiger partial charge in [-0.2, -0.15) is 0 Å². The largest absolute Gasteiger partial charge is 0.492 e. The molecular weight excluding hydrogens is 321 g/mol. The van der Waals surface area contributed by atoms with E-state index in [1.165, 1.54) is 6.07 Å². The van der Waals surface area contributed by atoms with Gasteiger partial charge in [0.05, 0.1) is 18.3 Å². The maximum absolute atomic E-state index is 14.0. The van der Waals surface area contributed by atoms with E-state index in [2.05, 4.69) is 21.2 Å². The zero-order valence-corrected chi connectivity index (χ0v) is 13.1. The van der Waals surface area contributed by atoms with Crippen LogP contribution in [0.3, 0.4) is 0 Å². The van der Waals surface area contributed by atoms with E-state index in [4.69, 9.17) is 4.74 Å². The predicted molar refractivity (Wildman–Crippen MR) is 83.7 cm³/mol. The molecule has 0 aliphatic heterocycles. The molecule has 1 atom stereocenters. The smallest absolute Gasteiger partial charge is 0.142 e. The SMILES string of the molecule is CCOc1ccccc1NC(C)c1ccc(Br)cc1F. The van der Waals surface area contributed by atoms with Crippen molar-refractivity contribution in [3.8, 4) is 5.75 Å².